The molecule has 1 N–H and O–H groups in total. The maximum absolute atomic E-state index is 7.14. The van der Waals surface area contributed by atoms with E-state index in [9.17, 15) is 0 Å². The van der Waals surface area contributed by atoms with Crippen LogP contribution < -0.4 is 10.2 Å². The van der Waals surface area contributed by atoms with Gasteiger partial charge in [-0.2, -0.15) is 0 Å². The Balaban J connectivity index is 1.94. The van der Waals surface area contributed by atoms with E-state index in [0.29, 0.717) is 13.1 Å². The molecule has 82 valence electrons. The van der Waals surface area contributed by atoms with Crippen LogP contribution in [0, 0.1) is 0 Å². The highest BCUT2D eigenvalue weighted by atomic mass is 79.9. The quantitative estimate of drug-likeness (QED) is 0.892. The first-order chi connectivity index (χ1) is 7.79. The van der Waals surface area contributed by atoms with Gasteiger partial charge in [0.25, 0.3) is 0 Å². The monoisotopic (exact) mass is 270 g/mol. The predicted molar refractivity (Wildman–Crippen MR) is 66.2 cm³/mol. The summed E-state index contributed by atoms with van der Waals surface area (Å²) in [6, 6.07) is 2.61. The van der Waals surface area contributed by atoms with E-state index in [1.54, 1.807) is 6.20 Å². The summed E-state index contributed by atoms with van der Waals surface area (Å²) >= 11 is 3.44. The van der Waals surface area contributed by atoms with Crippen molar-refractivity contribution in [2.75, 3.05) is 25.0 Å². The summed E-state index contributed by atoms with van der Waals surface area (Å²) in [5.74, 6) is 0. The van der Waals surface area contributed by atoms with Gasteiger partial charge in [0.15, 0.2) is 0 Å². The lowest BCUT2D eigenvalue weighted by Crippen LogP contribution is -2.41. The highest BCUT2D eigenvalue weighted by Gasteiger charge is 2.17. The smallest absolute Gasteiger partial charge is 0.0564 e. The molecule has 1 fully saturated rings. The number of halogens is 1. The maximum Gasteiger partial charge on any atom is 0.0564 e. The van der Waals surface area contributed by atoms with Crippen molar-refractivity contribution in [2.45, 2.75) is 18.9 Å². The molecule has 4 heteroatoms. The Labute approximate surface area is 100 Å². The molecule has 3 nitrogen and oxygen atoms in total. The molecule has 0 saturated carbocycles. The van der Waals surface area contributed by atoms with E-state index in [1.807, 2.05) is 6.20 Å². The second-order valence-corrected chi connectivity index (χ2v) is 4.74. The van der Waals surface area contributed by atoms with Crippen molar-refractivity contribution in [3.05, 3.63) is 22.9 Å². The Morgan fingerprint density at radius 1 is 1.53 bits per heavy atom. The Bertz CT molecular complexity index is 340. The van der Waals surface area contributed by atoms with Gasteiger partial charge in [0.2, 0.25) is 0 Å². The fraction of sp³-hybridized carbons (Fsp3) is 0.545. The van der Waals surface area contributed by atoms with Gasteiger partial charge >= 0.3 is 0 Å². The van der Waals surface area contributed by atoms with Crippen LogP contribution in [0.4, 0.5) is 5.69 Å². The number of aromatic nitrogens is 1. The summed E-state index contributed by atoms with van der Waals surface area (Å²) in [7, 11) is 0.323. The van der Waals surface area contributed by atoms with Crippen LogP contribution in [0.1, 0.15) is 14.2 Å². The van der Waals surface area contributed by atoms with Gasteiger partial charge < -0.3 is 10.2 Å². The van der Waals surface area contributed by atoms with Gasteiger partial charge in [-0.3, -0.25) is 4.98 Å². The molecule has 0 amide bonds. The Morgan fingerprint density at radius 2 is 2.33 bits per heavy atom. The lowest BCUT2D eigenvalue weighted by Gasteiger charge is -2.33. The molecule has 0 radical (unpaired) electrons. The molecule has 0 bridgehead atoms. The van der Waals surface area contributed by atoms with E-state index in [4.69, 9.17) is 1.37 Å². The molecule has 1 aromatic rings. The van der Waals surface area contributed by atoms with Crippen molar-refractivity contribution >= 4 is 21.6 Å². The molecule has 1 aliphatic heterocycles. The lowest BCUT2D eigenvalue weighted by atomic mass is 10.1. The topological polar surface area (TPSA) is 28.2 Å². The number of hydrogen-bond donors (Lipinski definition) is 1. The average molecular weight is 271 g/mol. The molecule has 2 heterocycles. The Hall–Kier alpha value is -0.610. The number of hydrogen-bond acceptors (Lipinski definition) is 3. The summed E-state index contributed by atoms with van der Waals surface area (Å²) in [5.41, 5.74) is 1.18. The van der Waals surface area contributed by atoms with Crippen LogP contribution in [-0.4, -0.2) is 31.1 Å². The SMILES string of the molecule is [2H]CNC1CCN(c2cncc(Br)c2)CC1. The van der Waals surface area contributed by atoms with Gasteiger partial charge in [0, 0.05) is 31.2 Å². The molecule has 0 aliphatic carbocycles. The van der Waals surface area contributed by atoms with Crippen molar-refractivity contribution in [2.24, 2.45) is 0 Å². The van der Waals surface area contributed by atoms with E-state index in [1.165, 1.54) is 5.69 Å². The highest BCUT2D eigenvalue weighted by Crippen LogP contribution is 2.21. The Morgan fingerprint density at radius 3 is 3.00 bits per heavy atom. The van der Waals surface area contributed by atoms with E-state index >= 15 is 0 Å². The van der Waals surface area contributed by atoms with Crippen molar-refractivity contribution in [1.82, 2.24) is 10.3 Å². The van der Waals surface area contributed by atoms with Crippen LogP contribution in [-0.2, 0) is 0 Å². The number of piperidine rings is 1. The second-order valence-electron chi connectivity index (χ2n) is 3.83. The van der Waals surface area contributed by atoms with E-state index < -0.39 is 0 Å². The first kappa shape index (κ1) is 9.60. The summed E-state index contributed by atoms with van der Waals surface area (Å²) in [6.07, 6.45) is 5.91. The molecular formula is C11H16BrN3. The molecule has 2 rings (SSSR count). The van der Waals surface area contributed by atoms with Gasteiger partial charge in [-0.1, -0.05) is 0 Å². The largest absolute Gasteiger partial charge is 0.370 e. The number of rotatable bonds is 2. The second kappa shape index (κ2) is 4.94. The number of nitrogens with zero attached hydrogens (tertiary/aromatic N) is 2. The fourth-order valence-corrected chi connectivity index (χ4v) is 2.27. The molecule has 0 unspecified atom stereocenters. The minimum atomic E-state index is 0.323. The maximum atomic E-state index is 7.14. The predicted octanol–water partition coefficient (Wildman–Crippen LogP) is 2.03. The van der Waals surface area contributed by atoms with Gasteiger partial charge in [0.05, 0.1) is 11.9 Å². The third-order valence-electron chi connectivity index (χ3n) is 2.84. The minimum absolute atomic E-state index is 0.323. The molecule has 0 aromatic carbocycles. The van der Waals surface area contributed by atoms with E-state index in [-0.39, 0.29) is 0 Å². The van der Waals surface area contributed by atoms with Crippen LogP contribution in [0.5, 0.6) is 0 Å². The Kier molecular flexibility index (Phi) is 3.17. The third kappa shape index (κ3) is 2.69. The minimum Gasteiger partial charge on any atom is -0.370 e. The summed E-state index contributed by atoms with van der Waals surface area (Å²) in [4.78, 5) is 6.53. The number of anilines is 1. The van der Waals surface area contributed by atoms with Gasteiger partial charge in [-0.15, -0.1) is 0 Å². The lowest BCUT2D eigenvalue weighted by molar-refractivity contribution is 0.442. The average Bonchev–Trinajstić information content (AvgIpc) is 2.30. The van der Waals surface area contributed by atoms with Crippen LogP contribution in [0.2, 0.25) is 0 Å². The molecule has 15 heavy (non-hydrogen) atoms. The molecule has 1 aliphatic rings. The summed E-state index contributed by atoms with van der Waals surface area (Å²) in [6.45, 7) is 2.08. The van der Waals surface area contributed by atoms with Crippen molar-refractivity contribution in [3.63, 3.8) is 0 Å². The van der Waals surface area contributed by atoms with Crippen molar-refractivity contribution < 1.29 is 1.37 Å². The normalized spacial score (nSPS) is 19.0. The molecule has 0 atom stereocenters. The first-order valence-corrected chi connectivity index (χ1v) is 5.97. The van der Waals surface area contributed by atoms with E-state index in [0.717, 1.165) is 30.4 Å². The summed E-state index contributed by atoms with van der Waals surface area (Å²) < 4.78 is 8.16. The van der Waals surface area contributed by atoms with E-state index in [2.05, 4.69) is 37.2 Å². The summed E-state index contributed by atoms with van der Waals surface area (Å²) in [5, 5.41) is 3.18. The molecule has 1 aromatic heterocycles. The van der Waals surface area contributed by atoms with Crippen LogP contribution in [0.25, 0.3) is 0 Å². The molecule has 0 spiro atoms. The number of pyridine rings is 1. The van der Waals surface area contributed by atoms with Crippen LogP contribution in [0.15, 0.2) is 22.9 Å². The van der Waals surface area contributed by atoms with Gasteiger partial charge in [0.1, 0.15) is 0 Å². The standard InChI is InChI=1S/C11H16BrN3/c1-13-10-2-4-15(5-3-10)11-6-9(12)7-14-8-11/h6-8,10,13H,2-5H2,1H3/i1D. The third-order valence-corrected chi connectivity index (χ3v) is 3.27. The zero-order valence-electron chi connectivity index (χ0n) is 9.62. The fourth-order valence-electron chi connectivity index (χ4n) is 1.92. The zero-order valence-corrected chi connectivity index (χ0v) is 10.2. The van der Waals surface area contributed by atoms with Crippen molar-refractivity contribution in [3.8, 4) is 0 Å². The first-order valence-electron chi connectivity index (χ1n) is 5.88. The molecular weight excluding hydrogens is 254 g/mol. The van der Waals surface area contributed by atoms with Crippen molar-refractivity contribution in [1.29, 1.82) is 0 Å². The highest BCUT2D eigenvalue weighted by molar-refractivity contribution is 9.10. The number of nitrogens with one attached hydrogen (secondary N) is 1. The zero-order chi connectivity index (χ0) is 11.4. The molecule has 1 saturated heterocycles. The van der Waals surface area contributed by atoms with Gasteiger partial charge in [-0.05, 0) is 41.9 Å². The van der Waals surface area contributed by atoms with Gasteiger partial charge in [-0.25, -0.2) is 0 Å². The van der Waals surface area contributed by atoms with Crippen LogP contribution in [0.3, 0.4) is 0 Å². The van der Waals surface area contributed by atoms with Crippen LogP contribution >= 0.6 is 15.9 Å².